The first kappa shape index (κ1) is 24.1. The Bertz CT molecular complexity index is 708. The molecule has 1 saturated carbocycles. The highest BCUT2D eigenvalue weighted by Crippen LogP contribution is 2.46. The van der Waals surface area contributed by atoms with Gasteiger partial charge in [0.05, 0.1) is 17.9 Å². The molecular weight excluding hydrogens is 384 g/mol. The highest BCUT2D eigenvalue weighted by Gasteiger charge is 2.33. The minimum Gasteiger partial charge on any atom is -0.462 e. The van der Waals surface area contributed by atoms with Crippen molar-refractivity contribution < 1.29 is 9.53 Å². The van der Waals surface area contributed by atoms with Gasteiger partial charge in [0.25, 0.3) is 0 Å². The fourth-order valence-corrected chi connectivity index (χ4v) is 5.46. The van der Waals surface area contributed by atoms with Crippen molar-refractivity contribution in [2.75, 3.05) is 44.2 Å². The number of piperazine rings is 1. The molecule has 0 spiro atoms. The smallest absolute Gasteiger partial charge is 0.340 e. The topological polar surface area (TPSA) is 32.8 Å². The summed E-state index contributed by atoms with van der Waals surface area (Å²) in [5.74, 6) is 1.17. The molecule has 174 valence electrons. The number of unbranched alkanes of at least 4 members (excludes halogenated alkanes) is 1. The summed E-state index contributed by atoms with van der Waals surface area (Å²) in [4.78, 5) is 17.9. The van der Waals surface area contributed by atoms with Gasteiger partial charge in [0.15, 0.2) is 0 Å². The second-order valence-electron chi connectivity index (χ2n) is 10.6. The summed E-state index contributed by atoms with van der Waals surface area (Å²) in [5, 5.41) is 0. The SMILES string of the molecule is CCCCN1CCN(c2c(C(=O)OCC)cccc2C2CCC(C(C)(C)C)CC2)CC1. The van der Waals surface area contributed by atoms with Crippen molar-refractivity contribution in [1.29, 1.82) is 0 Å². The Morgan fingerprint density at radius 1 is 1.03 bits per heavy atom. The molecule has 0 N–H and O–H groups in total. The molecule has 0 bridgehead atoms. The Hall–Kier alpha value is -1.55. The van der Waals surface area contributed by atoms with Gasteiger partial charge >= 0.3 is 5.97 Å². The van der Waals surface area contributed by atoms with Crippen molar-refractivity contribution in [2.24, 2.45) is 11.3 Å². The lowest BCUT2D eigenvalue weighted by Crippen LogP contribution is -2.47. The molecule has 0 radical (unpaired) electrons. The number of esters is 1. The second kappa shape index (κ2) is 10.8. The molecule has 4 heteroatoms. The molecule has 31 heavy (non-hydrogen) atoms. The lowest BCUT2D eigenvalue weighted by molar-refractivity contribution is 0.0526. The molecule has 2 fully saturated rings. The van der Waals surface area contributed by atoms with Crippen molar-refractivity contribution in [3.05, 3.63) is 29.3 Å². The van der Waals surface area contributed by atoms with Crippen LogP contribution in [0.1, 0.15) is 95.0 Å². The minimum absolute atomic E-state index is 0.170. The maximum absolute atomic E-state index is 12.9. The van der Waals surface area contributed by atoms with Crippen molar-refractivity contribution in [1.82, 2.24) is 4.90 Å². The summed E-state index contributed by atoms with van der Waals surface area (Å²) in [6, 6.07) is 6.32. The minimum atomic E-state index is -0.170. The monoisotopic (exact) mass is 428 g/mol. The van der Waals surface area contributed by atoms with E-state index < -0.39 is 0 Å². The summed E-state index contributed by atoms with van der Waals surface area (Å²) in [5.41, 5.74) is 3.68. The van der Waals surface area contributed by atoms with Gasteiger partial charge in [0, 0.05) is 26.2 Å². The number of carbonyl (C=O) groups excluding carboxylic acids is 1. The van der Waals surface area contributed by atoms with Crippen molar-refractivity contribution in [2.45, 2.75) is 79.1 Å². The number of ether oxygens (including phenoxy) is 1. The number of carbonyl (C=O) groups is 1. The van der Waals surface area contributed by atoms with Crippen LogP contribution >= 0.6 is 0 Å². The zero-order valence-corrected chi connectivity index (χ0v) is 20.6. The van der Waals surface area contributed by atoms with Crippen LogP contribution < -0.4 is 4.90 Å². The number of anilines is 1. The van der Waals surface area contributed by atoms with E-state index in [0.29, 0.717) is 17.9 Å². The molecule has 1 aromatic carbocycles. The summed E-state index contributed by atoms with van der Waals surface area (Å²) in [6.07, 6.45) is 7.51. The van der Waals surface area contributed by atoms with E-state index in [4.69, 9.17) is 4.74 Å². The fraction of sp³-hybridized carbons (Fsp3) is 0.741. The van der Waals surface area contributed by atoms with Gasteiger partial charge in [-0.1, -0.05) is 46.2 Å². The molecule has 0 unspecified atom stereocenters. The molecular formula is C27H44N2O2. The number of rotatable bonds is 7. The standard InChI is InChI=1S/C27H44N2O2/c1-6-8-16-28-17-19-29(20-18-28)25-23(10-9-11-24(25)26(30)31-7-2)21-12-14-22(15-13-21)27(3,4)5/h9-11,21-22H,6-8,12-20H2,1-5H3. The van der Waals surface area contributed by atoms with E-state index in [-0.39, 0.29) is 5.97 Å². The second-order valence-corrected chi connectivity index (χ2v) is 10.6. The van der Waals surface area contributed by atoms with Crippen LogP contribution in [0.4, 0.5) is 5.69 Å². The van der Waals surface area contributed by atoms with Crippen LogP contribution in [0.15, 0.2) is 18.2 Å². The average Bonchev–Trinajstić information content (AvgIpc) is 2.77. The van der Waals surface area contributed by atoms with Crippen LogP contribution in [0, 0.1) is 11.3 Å². The maximum atomic E-state index is 12.9. The fourth-order valence-electron chi connectivity index (χ4n) is 5.46. The molecule has 1 aromatic rings. The zero-order chi connectivity index (χ0) is 22.4. The van der Waals surface area contributed by atoms with Gasteiger partial charge in [-0.3, -0.25) is 4.90 Å². The molecule has 0 amide bonds. The van der Waals surface area contributed by atoms with Gasteiger partial charge in [-0.15, -0.1) is 0 Å². The van der Waals surface area contributed by atoms with Crippen LogP contribution in [-0.4, -0.2) is 50.2 Å². The molecule has 2 aliphatic rings. The quantitative estimate of drug-likeness (QED) is 0.491. The summed E-state index contributed by atoms with van der Waals surface area (Å²) >= 11 is 0. The summed E-state index contributed by atoms with van der Waals surface area (Å²) in [7, 11) is 0. The first-order valence-corrected chi connectivity index (χ1v) is 12.6. The molecule has 4 nitrogen and oxygen atoms in total. The Balaban J connectivity index is 1.83. The number of hydrogen-bond donors (Lipinski definition) is 0. The highest BCUT2D eigenvalue weighted by atomic mass is 16.5. The van der Waals surface area contributed by atoms with Crippen molar-refractivity contribution >= 4 is 11.7 Å². The number of para-hydroxylation sites is 1. The van der Waals surface area contributed by atoms with Crippen LogP contribution in [0.5, 0.6) is 0 Å². The van der Waals surface area contributed by atoms with E-state index in [1.54, 1.807) is 0 Å². The maximum Gasteiger partial charge on any atom is 0.340 e. The lowest BCUT2D eigenvalue weighted by Gasteiger charge is -2.41. The van der Waals surface area contributed by atoms with Gasteiger partial charge in [-0.2, -0.15) is 0 Å². The number of benzene rings is 1. The van der Waals surface area contributed by atoms with Gasteiger partial charge in [-0.05, 0) is 74.5 Å². The van der Waals surface area contributed by atoms with E-state index in [1.807, 2.05) is 13.0 Å². The molecule has 0 aromatic heterocycles. The van der Waals surface area contributed by atoms with Crippen LogP contribution in [-0.2, 0) is 4.74 Å². The lowest BCUT2D eigenvalue weighted by atomic mass is 9.68. The molecule has 1 heterocycles. The Morgan fingerprint density at radius 2 is 1.71 bits per heavy atom. The molecule has 1 aliphatic carbocycles. The van der Waals surface area contributed by atoms with Crippen molar-refractivity contribution in [3.63, 3.8) is 0 Å². The molecule has 1 aliphatic heterocycles. The van der Waals surface area contributed by atoms with Gasteiger partial charge in [-0.25, -0.2) is 4.79 Å². The predicted molar refractivity (Wildman–Crippen MR) is 130 cm³/mol. The van der Waals surface area contributed by atoms with E-state index in [1.165, 1.54) is 50.6 Å². The largest absolute Gasteiger partial charge is 0.462 e. The van der Waals surface area contributed by atoms with Crippen LogP contribution in [0.25, 0.3) is 0 Å². The Labute approximate surface area is 190 Å². The van der Waals surface area contributed by atoms with E-state index in [0.717, 1.165) is 43.3 Å². The van der Waals surface area contributed by atoms with E-state index >= 15 is 0 Å². The van der Waals surface area contributed by atoms with Gasteiger partial charge in [0.2, 0.25) is 0 Å². The van der Waals surface area contributed by atoms with Gasteiger partial charge < -0.3 is 9.64 Å². The Morgan fingerprint density at radius 3 is 2.29 bits per heavy atom. The average molecular weight is 429 g/mol. The van der Waals surface area contributed by atoms with E-state index in [2.05, 4.69) is 49.6 Å². The first-order valence-electron chi connectivity index (χ1n) is 12.6. The predicted octanol–water partition coefficient (Wildman–Crippen LogP) is 6.11. The highest BCUT2D eigenvalue weighted by molar-refractivity contribution is 5.97. The Kier molecular flexibility index (Phi) is 8.43. The normalized spacial score (nSPS) is 23.1. The third kappa shape index (κ3) is 6.03. The van der Waals surface area contributed by atoms with Gasteiger partial charge in [0.1, 0.15) is 0 Å². The third-order valence-corrected chi connectivity index (χ3v) is 7.47. The van der Waals surface area contributed by atoms with E-state index in [9.17, 15) is 4.79 Å². The summed E-state index contributed by atoms with van der Waals surface area (Å²) in [6.45, 7) is 17.0. The van der Waals surface area contributed by atoms with Crippen LogP contribution in [0.2, 0.25) is 0 Å². The summed E-state index contributed by atoms with van der Waals surface area (Å²) < 4.78 is 5.46. The first-order chi connectivity index (χ1) is 14.8. The van der Waals surface area contributed by atoms with Crippen molar-refractivity contribution in [3.8, 4) is 0 Å². The molecule has 3 rings (SSSR count). The molecule has 0 atom stereocenters. The number of hydrogen-bond acceptors (Lipinski definition) is 4. The number of nitrogens with zero attached hydrogens (tertiary/aromatic N) is 2. The molecule has 1 saturated heterocycles. The zero-order valence-electron chi connectivity index (χ0n) is 20.6. The third-order valence-electron chi connectivity index (χ3n) is 7.47. The van der Waals surface area contributed by atoms with Crippen LogP contribution in [0.3, 0.4) is 0 Å².